The summed E-state index contributed by atoms with van der Waals surface area (Å²) < 4.78 is 0. The van der Waals surface area contributed by atoms with Gasteiger partial charge in [-0.2, -0.15) is 0 Å². The van der Waals surface area contributed by atoms with E-state index in [9.17, 15) is 14.4 Å². The van der Waals surface area contributed by atoms with Gasteiger partial charge in [0, 0.05) is 44.6 Å². The van der Waals surface area contributed by atoms with Gasteiger partial charge >= 0.3 is 0 Å². The van der Waals surface area contributed by atoms with Gasteiger partial charge in [0.2, 0.25) is 5.91 Å². The van der Waals surface area contributed by atoms with Crippen LogP contribution in [0.2, 0.25) is 0 Å². The first-order valence-corrected chi connectivity index (χ1v) is 8.60. The number of hydrogen-bond donors (Lipinski definition) is 0. The zero-order valence-corrected chi connectivity index (χ0v) is 14.4. The average Bonchev–Trinajstić information content (AvgIpc) is 2.65. The molecule has 5 nitrogen and oxygen atoms in total. The van der Waals surface area contributed by atoms with Gasteiger partial charge in [0.1, 0.15) is 5.78 Å². The Bertz CT molecular complexity index is 802. The predicted molar refractivity (Wildman–Crippen MR) is 96.3 cm³/mol. The van der Waals surface area contributed by atoms with Crippen LogP contribution in [0.25, 0.3) is 10.8 Å². The molecule has 5 heteroatoms. The van der Waals surface area contributed by atoms with E-state index in [4.69, 9.17) is 0 Å². The molecule has 0 unspecified atom stereocenters. The number of fused-ring (bicyclic) bond motifs is 1. The first-order valence-electron chi connectivity index (χ1n) is 8.60. The molecule has 1 fully saturated rings. The van der Waals surface area contributed by atoms with Crippen LogP contribution in [0.4, 0.5) is 0 Å². The molecule has 2 aromatic rings. The van der Waals surface area contributed by atoms with Gasteiger partial charge in [0.15, 0.2) is 0 Å². The zero-order valence-electron chi connectivity index (χ0n) is 14.4. The average molecular weight is 338 g/mol. The van der Waals surface area contributed by atoms with Crippen molar-refractivity contribution >= 4 is 28.4 Å². The lowest BCUT2D eigenvalue weighted by atomic mass is 10.0. The van der Waals surface area contributed by atoms with Crippen molar-refractivity contribution in [1.29, 1.82) is 0 Å². The van der Waals surface area contributed by atoms with Crippen molar-refractivity contribution in [2.24, 2.45) is 0 Å². The molecule has 2 aromatic carbocycles. The van der Waals surface area contributed by atoms with Crippen LogP contribution in [0.15, 0.2) is 42.5 Å². The van der Waals surface area contributed by atoms with Crippen LogP contribution in [0.5, 0.6) is 0 Å². The Hall–Kier alpha value is -2.69. The maximum Gasteiger partial charge on any atom is 0.254 e. The Labute approximate surface area is 147 Å². The van der Waals surface area contributed by atoms with Crippen LogP contribution in [-0.2, 0) is 9.59 Å². The molecule has 1 aliphatic rings. The normalized spacial score (nSPS) is 14.6. The van der Waals surface area contributed by atoms with Crippen LogP contribution in [0, 0.1) is 0 Å². The highest BCUT2D eigenvalue weighted by molar-refractivity contribution is 6.07. The number of carbonyl (C=O) groups is 3. The summed E-state index contributed by atoms with van der Waals surface area (Å²) in [4.78, 5) is 39.5. The minimum atomic E-state index is -0.00698. The Balaban J connectivity index is 1.65. The largest absolute Gasteiger partial charge is 0.339 e. The van der Waals surface area contributed by atoms with E-state index in [1.165, 1.54) is 6.92 Å². The topological polar surface area (TPSA) is 57.7 Å². The minimum Gasteiger partial charge on any atom is -0.339 e. The third kappa shape index (κ3) is 3.87. The summed E-state index contributed by atoms with van der Waals surface area (Å²) >= 11 is 0. The number of carbonyl (C=O) groups excluding carboxylic acids is 3. The fraction of sp³-hybridized carbons (Fsp3) is 0.350. The summed E-state index contributed by atoms with van der Waals surface area (Å²) in [6.07, 6.45) is 0.542. The minimum absolute atomic E-state index is 0.00698. The molecule has 0 aliphatic carbocycles. The molecule has 0 bridgehead atoms. The summed E-state index contributed by atoms with van der Waals surface area (Å²) in [6, 6.07) is 13.6. The van der Waals surface area contributed by atoms with E-state index in [-0.39, 0.29) is 30.4 Å². The number of amides is 2. The summed E-state index contributed by atoms with van der Waals surface area (Å²) in [7, 11) is 0. The fourth-order valence-electron chi connectivity index (χ4n) is 3.18. The standard InChI is InChI=1S/C20H22N2O3/c1-15(23)9-10-19(24)21-11-13-22(14-12-21)20(25)18-8-4-6-16-5-2-3-7-17(16)18/h2-8H,9-14H2,1H3. The zero-order chi connectivity index (χ0) is 17.8. The smallest absolute Gasteiger partial charge is 0.254 e. The maximum atomic E-state index is 12.9. The molecular formula is C20H22N2O3. The summed E-state index contributed by atoms with van der Waals surface area (Å²) in [6.45, 7) is 3.58. The third-order valence-corrected chi connectivity index (χ3v) is 4.63. The molecule has 1 heterocycles. The second-order valence-corrected chi connectivity index (χ2v) is 6.40. The lowest BCUT2D eigenvalue weighted by Gasteiger charge is -2.35. The molecule has 25 heavy (non-hydrogen) atoms. The van der Waals surface area contributed by atoms with E-state index in [2.05, 4.69) is 0 Å². The van der Waals surface area contributed by atoms with Crippen molar-refractivity contribution in [3.8, 4) is 0 Å². The summed E-state index contributed by atoms with van der Waals surface area (Å²) in [5, 5.41) is 2.00. The monoisotopic (exact) mass is 338 g/mol. The van der Waals surface area contributed by atoms with Crippen LogP contribution in [0.3, 0.4) is 0 Å². The van der Waals surface area contributed by atoms with Crippen molar-refractivity contribution in [1.82, 2.24) is 9.80 Å². The number of rotatable bonds is 4. The summed E-state index contributed by atoms with van der Waals surface area (Å²) in [5.74, 6) is 0.0261. The molecule has 0 N–H and O–H groups in total. The Morgan fingerprint density at radius 2 is 1.48 bits per heavy atom. The van der Waals surface area contributed by atoms with Gasteiger partial charge in [0.05, 0.1) is 0 Å². The van der Waals surface area contributed by atoms with Gasteiger partial charge < -0.3 is 14.6 Å². The van der Waals surface area contributed by atoms with Crippen LogP contribution >= 0.6 is 0 Å². The second-order valence-electron chi connectivity index (χ2n) is 6.40. The van der Waals surface area contributed by atoms with Gasteiger partial charge in [-0.1, -0.05) is 36.4 Å². The molecule has 0 radical (unpaired) electrons. The lowest BCUT2D eigenvalue weighted by molar-refractivity contribution is -0.134. The second kappa shape index (κ2) is 7.47. The number of Topliss-reactive ketones (excluding diaryl/α,β-unsaturated/α-hetero) is 1. The molecule has 130 valence electrons. The maximum absolute atomic E-state index is 12.9. The van der Waals surface area contributed by atoms with Crippen LogP contribution < -0.4 is 0 Å². The Morgan fingerprint density at radius 1 is 0.840 bits per heavy atom. The van der Waals surface area contributed by atoms with Gasteiger partial charge in [-0.05, 0) is 23.8 Å². The van der Waals surface area contributed by atoms with Crippen molar-refractivity contribution in [2.75, 3.05) is 26.2 Å². The number of hydrogen-bond acceptors (Lipinski definition) is 3. The molecule has 1 saturated heterocycles. The van der Waals surface area contributed by atoms with E-state index in [0.29, 0.717) is 31.7 Å². The van der Waals surface area contributed by atoms with E-state index in [1.54, 1.807) is 9.80 Å². The lowest BCUT2D eigenvalue weighted by Crippen LogP contribution is -2.50. The van der Waals surface area contributed by atoms with Crippen LogP contribution in [-0.4, -0.2) is 53.6 Å². The Kier molecular flexibility index (Phi) is 5.12. The SMILES string of the molecule is CC(=O)CCC(=O)N1CCN(C(=O)c2cccc3ccccc23)CC1. The van der Waals surface area contributed by atoms with E-state index >= 15 is 0 Å². The Morgan fingerprint density at radius 3 is 2.20 bits per heavy atom. The highest BCUT2D eigenvalue weighted by atomic mass is 16.2. The number of piperazine rings is 1. The number of nitrogens with zero attached hydrogens (tertiary/aromatic N) is 2. The number of benzene rings is 2. The van der Waals surface area contributed by atoms with Crippen LogP contribution in [0.1, 0.15) is 30.1 Å². The van der Waals surface area contributed by atoms with Gasteiger partial charge in [-0.15, -0.1) is 0 Å². The molecule has 0 atom stereocenters. The van der Waals surface area contributed by atoms with Crippen molar-refractivity contribution < 1.29 is 14.4 Å². The van der Waals surface area contributed by atoms with Crippen molar-refractivity contribution in [3.05, 3.63) is 48.0 Å². The molecule has 0 spiro atoms. The molecule has 0 aromatic heterocycles. The van der Waals surface area contributed by atoms with Gasteiger partial charge in [-0.25, -0.2) is 0 Å². The van der Waals surface area contributed by atoms with Gasteiger partial charge in [-0.3, -0.25) is 9.59 Å². The third-order valence-electron chi connectivity index (χ3n) is 4.63. The van der Waals surface area contributed by atoms with E-state index in [0.717, 1.165) is 10.8 Å². The molecule has 3 rings (SSSR count). The molecular weight excluding hydrogens is 316 g/mol. The molecule has 0 saturated carbocycles. The highest BCUT2D eigenvalue weighted by Crippen LogP contribution is 2.20. The fourth-order valence-corrected chi connectivity index (χ4v) is 3.18. The first kappa shape index (κ1) is 17.1. The van der Waals surface area contributed by atoms with E-state index < -0.39 is 0 Å². The summed E-state index contributed by atoms with van der Waals surface area (Å²) in [5.41, 5.74) is 0.703. The number of ketones is 1. The first-order chi connectivity index (χ1) is 12.1. The van der Waals surface area contributed by atoms with Crippen molar-refractivity contribution in [2.45, 2.75) is 19.8 Å². The quantitative estimate of drug-likeness (QED) is 0.861. The van der Waals surface area contributed by atoms with Gasteiger partial charge in [0.25, 0.3) is 5.91 Å². The predicted octanol–water partition coefficient (Wildman–Crippen LogP) is 2.49. The van der Waals surface area contributed by atoms with E-state index in [1.807, 2.05) is 42.5 Å². The van der Waals surface area contributed by atoms with Crippen molar-refractivity contribution in [3.63, 3.8) is 0 Å². The highest BCUT2D eigenvalue weighted by Gasteiger charge is 2.25. The molecule has 1 aliphatic heterocycles. The molecule has 2 amide bonds.